The second-order valence-corrected chi connectivity index (χ2v) is 6.13. The first-order chi connectivity index (χ1) is 11.5. The highest BCUT2D eigenvalue weighted by Crippen LogP contribution is 2.24. The molecule has 0 aliphatic heterocycles. The minimum absolute atomic E-state index is 0.185. The largest absolute Gasteiger partial charge is 0.359 e. The van der Waals surface area contributed by atoms with E-state index in [-0.39, 0.29) is 11.7 Å². The Morgan fingerprint density at radius 2 is 1.58 bits per heavy atom. The van der Waals surface area contributed by atoms with Crippen LogP contribution in [-0.4, -0.2) is 11.7 Å². The number of nitrogens with one attached hydrogen (secondary N) is 2. The SMILES string of the molecule is CC1=C(Nc2ccc(C(=O)Nc3ccc(Cl)cc3)cc2)CCC1=O. The van der Waals surface area contributed by atoms with Crippen LogP contribution in [0.5, 0.6) is 0 Å². The van der Waals surface area contributed by atoms with Crippen LogP contribution in [0, 0.1) is 0 Å². The van der Waals surface area contributed by atoms with Crippen molar-refractivity contribution >= 4 is 34.7 Å². The molecule has 5 heteroatoms. The topological polar surface area (TPSA) is 58.2 Å². The van der Waals surface area contributed by atoms with E-state index in [0.29, 0.717) is 22.7 Å². The van der Waals surface area contributed by atoms with E-state index in [1.807, 2.05) is 19.1 Å². The number of anilines is 2. The molecule has 2 aromatic rings. The average molecular weight is 341 g/mol. The molecule has 0 fully saturated rings. The Balaban J connectivity index is 1.67. The lowest BCUT2D eigenvalue weighted by atomic mass is 10.1. The summed E-state index contributed by atoms with van der Waals surface area (Å²) in [7, 11) is 0. The molecule has 0 spiro atoms. The Kier molecular flexibility index (Phi) is 4.67. The number of ketones is 1. The maximum absolute atomic E-state index is 12.2. The Morgan fingerprint density at radius 1 is 0.958 bits per heavy atom. The number of hydrogen-bond donors (Lipinski definition) is 2. The number of rotatable bonds is 4. The van der Waals surface area contributed by atoms with Gasteiger partial charge in [-0.3, -0.25) is 9.59 Å². The number of hydrogen-bond acceptors (Lipinski definition) is 3. The van der Waals surface area contributed by atoms with Crippen molar-refractivity contribution in [3.8, 4) is 0 Å². The molecule has 0 radical (unpaired) electrons. The predicted octanol–water partition coefficient (Wildman–Crippen LogP) is 4.64. The number of carbonyl (C=O) groups is 2. The summed E-state index contributed by atoms with van der Waals surface area (Å²) >= 11 is 5.83. The molecule has 122 valence electrons. The van der Waals surface area contributed by atoms with Crippen molar-refractivity contribution in [2.45, 2.75) is 19.8 Å². The Hall–Kier alpha value is -2.59. The van der Waals surface area contributed by atoms with E-state index in [4.69, 9.17) is 11.6 Å². The molecule has 0 unspecified atom stereocenters. The van der Waals surface area contributed by atoms with Crippen LogP contribution in [0.25, 0.3) is 0 Å². The van der Waals surface area contributed by atoms with Crippen molar-refractivity contribution in [1.29, 1.82) is 0 Å². The molecule has 0 atom stereocenters. The zero-order valence-corrected chi connectivity index (χ0v) is 14.0. The van der Waals surface area contributed by atoms with Gasteiger partial charge < -0.3 is 10.6 Å². The van der Waals surface area contributed by atoms with Crippen LogP contribution in [0.15, 0.2) is 59.8 Å². The molecular weight excluding hydrogens is 324 g/mol. The van der Waals surface area contributed by atoms with Crippen molar-refractivity contribution in [2.24, 2.45) is 0 Å². The molecule has 2 aromatic carbocycles. The van der Waals surface area contributed by atoms with Crippen LogP contribution < -0.4 is 10.6 Å². The molecular formula is C19H17ClN2O2. The van der Waals surface area contributed by atoms with E-state index >= 15 is 0 Å². The van der Waals surface area contributed by atoms with Gasteiger partial charge in [0.25, 0.3) is 5.91 Å². The van der Waals surface area contributed by atoms with Gasteiger partial charge in [-0.05, 0) is 61.9 Å². The fourth-order valence-electron chi connectivity index (χ4n) is 2.55. The summed E-state index contributed by atoms with van der Waals surface area (Å²) in [4.78, 5) is 23.8. The zero-order chi connectivity index (χ0) is 17.1. The van der Waals surface area contributed by atoms with Crippen LogP contribution in [0.3, 0.4) is 0 Å². The molecule has 4 nitrogen and oxygen atoms in total. The second kappa shape index (κ2) is 6.89. The number of benzene rings is 2. The smallest absolute Gasteiger partial charge is 0.255 e. The molecule has 0 saturated heterocycles. The molecule has 0 aromatic heterocycles. The molecule has 0 bridgehead atoms. The Labute approximate surface area is 145 Å². The van der Waals surface area contributed by atoms with E-state index in [0.717, 1.165) is 23.4 Å². The number of allylic oxidation sites excluding steroid dienone is 2. The van der Waals surface area contributed by atoms with Crippen molar-refractivity contribution in [3.63, 3.8) is 0 Å². The highest BCUT2D eigenvalue weighted by Gasteiger charge is 2.19. The summed E-state index contributed by atoms with van der Waals surface area (Å²) in [5, 5.41) is 6.70. The highest BCUT2D eigenvalue weighted by molar-refractivity contribution is 6.30. The van der Waals surface area contributed by atoms with Crippen molar-refractivity contribution in [2.75, 3.05) is 10.6 Å². The summed E-state index contributed by atoms with van der Waals surface area (Å²) in [6, 6.07) is 14.1. The third-order valence-electron chi connectivity index (χ3n) is 4.02. The first-order valence-corrected chi connectivity index (χ1v) is 8.08. The lowest BCUT2D eigenvalue weighted by Crippen LogP contribution is -2.11. The van der Waals surface area contributed by atoms with Gasteiger partial charge in [0.05, 0.1) is 0 Å². The fraction of sp³-hybridized carbons (Fsp3) is 0.158. The van der Waals surface area contributed by atoms with Gasteiger partial charge in [0.2, 0.25) is 0 Å². The summed E-state index contributed by atoms with van der Waals surface area (Å²) in [5.41, 5.74) is 3.86. The molecule has 1 aliphatic rings. The lowest BCUT2D eigenvalue weighted by Gasteiger charge is -2.09. The normalized spacial score (nSPS) is 14.0. The quantitative estimate of drug-likeness (QED) is 0.852. The van der Waals surface area contributed by atoms with Gasteiger partial charge in [0.1, 0.15) is 0 Å². The van der Waals surface area contributed by atoms with E-state index in [1.165, 1.54) is 0 Å². The first kappa shape index (κ1) is 16.3. The molecule has 1 amide bonds. The minimum atomic E-state index is -0.185. The Bertz CT molecular complexity index is 808. The van der Waals surface area contributed by atoms with Gasteiger partial charge in [0.15, 0.2) is 5.78 Å². The van der Waals surface area contributed by atoms with Gasteiger partial charge >= 0.3 is 0 Å². The highest BCUT2D eigenvalue weighted by atomic mass is 35.5. The molecule has 1 aliphatic carbocycles. The van der Waals surface area contributed by atoms with Gasteiger partial charge in [0, 0.05) is 39.7 Å². The van der Waals surface area contributed by atoms with E-state index in [2.05, 4.69) is 10.6 Å². The van der Waals surface area contributed by atoms with Crippen molar-refractivity contribution in [1.82, 2.24) is 0 Å². The van der Waals surface area contributed by atoms with E-state index < -0.39 is 0 Å². The molecule has 0 saturated carbocycles. The Morgan fingerprint density at radius 3 is 2.17 bits per heavy atom. The van der Waals surface area contributed by atoms with E-state index in [1.54, 1.807) is 36.4 Å². The monoisotopic (exact) mass is 340 g/mol. The number of Topliss-reactive ketones (excluding diaryl/α,β-unsaturated/α-hetero) is 1. The summed E-state index contributed by atoms with van der Waals surface area (Å²) in [6.45, 7) is 1.84. The maximum Gasteiger partial charge on any atom is 0.255 e. The average Bonchev–Trinajstić information content (AvgIpc) is 2.90. The van der Waals surface area contributed by atoms with Gasteiger partial charge in [-0.2, -0.15) is 0 Å². The molecule has 2 N–H and O–H groups in total. The zero-order valence-electron chi connectivity index (χ0n) is 13.2. The fourth-order valence-corrected chi connectivity index (χ4v) is 2.68. The number of halogens is 1. The van der Waals surface area contributed by atoms with Crippen LogP contribution in [0.4, 0.5) is 11.4 Å². The lowest BCUT2D eigenvalue weighted by molar-refractivity contribution is -0.114. The summed E-state index contributed by atoms with van der Waals surface area (Å²) in [6.07, 6.45) is 1.30. The van der Waals surface area contributed by atoms with Crippen LogP contribution >= 0.6 is 11.6 Å². The molecule has 24 heavy (non-hydrogen) atoms. The van der Waals surface area contributed by atoms with Crippen LogP contribution in [0.2, 0.25) is 5.02 Å². The van der Waals surface area contributed by atoms with Gasteiger partial charge in [-0.25, -0.2) is 0 Å². The van der Waals surface area contributed by atoms with Crippen LogP contribution in [-0.2, 0) is 4.79 Å². The van der Waals surface area contributed by atoms with Gasteiger partial charge in [-0.15, -0.1) is 0 Å². The number of carbonyl (C=O) groups excluding carboxylic acids is 2. The maximum atomic E-state index is 12.2. The van der Waals surface area contributed by atoms with Crippen molar-refractivity contribution in [3.05, 3.63) is 70.4 Å². The molecule has 0 heterocycles. The third kappa shape index (κ3) is 3.66. The number of amides is 1. The minimum Gasteiger partial charge on any atom is -0.359 e. The second-order valence-electron chi connectivity index (χ2n) is 5.69. The third-order valence-corrected chi connectivity index (χ3v) is 4.27. The summed E-state index contributed by atoms with van der Waals surface area (Å²) in [5.74, 6) is 0.00627. The van der Waals surface area contributed by atoms with Crippen LogP contribution in [0.1, 0.15) is 30.1 Å². The van der Waals surface area contributed by atoms with E-state index in [9.17, 15) is 9.59 Å². The first-order valence-electron chi connectivity index (χ1n) is 7.70. The van der Waals surface area contributed by atoms with Gasteiger partial charge in [-0.1, -0.05) is 11.6 Å². The standard InChI is InChI=1S/C19H17ClN2O2/c1-12-17(10-11-18(12)23)21-15-6-2-13(3-7-15)19(24)22-16-8-4-14(20)5-9-16/h2-9,21H,10-11H2,1H3,(H,22,24). The summed E-state index contributed by atoms with van der Waals surface area (Å²) < 4.78 is 0. The molecule has 3 rings (SSSR count). The predicted molar refractivity (Wildman–Crippen MR) is 96.4 cm³/mol. The van der Waals surface area contributed by atoms with Crippen molar-refractivity contribution < 1.29 is 9.59 Å².